The maximum atomic E-state index is 13.0. The van der Waals surface area contributed by atoms with E-state index in [2.05, 4.69) is 10.6 Å². The maximum Gasteiger partial charge on any atom is 0.241 e. The second-order valence-corrected chi connectivity index (χ2v) is 4.69. The Morgan fingerprint density at radius 1 is 1.58 bits per heavy atom. The van der Waals surface area contributed by atoms with Gasteiger partial charge in [0.2, 0.25) is 5.91 Å². The predicted molar refractivity (Wildman–Crippen MR) is 72.3 cm³/mol. The minimum Gasteiger partial charge on any atom is -0.494 e. The van der Waals surface area contributed by atoms with Crippen LogP contribution in [0.25, 0.3) is 0 Å². The molecule has 0 unspecified atom stereocenters. The molecule has 1 heterocycles. The van der Waals surface area contributed by atoms with Gasteiger partial charge in [0.05, 0.1) is 12.6 Å². The third-order valence-electron chi connectivity index (χ3n) is 3.16. The molecule has 0 spiro atoms. The lowest BCUT2D eigenvalue weighted by molar-refractivity contribution is -0.117. The van der Waals surface area contributed by atoms with E-state index >= 15 is 0 Å². The Balaban J connectivity index is 2.00. The second kappa shape index (κ2) is 6.02. The van der Waals surface area contributed by atoms with Crippen molar-refractivity contribution in [2.24, 2.45) is 0 Å². The van der Waals surface area contributed by atoms with Crippen molar-refractivity contribution in [2.75, 3.05) is 18.5 Å². The molecule has 5 heteroatoms. The lowest BCUT2D eigenvalue weighted by Gasteiger charge is -2.13. The maximum absolute atomic E-state index is 13.0. The molecule has 0 radical (unpaired) electrons. The van der Waals surface area contributed by atoms with Crippen molar-refractivity contribution in [1.29, 1.82) is 0 Å². The molecular formula is C14H19FN2O2. The van der Waals surface area contributed by atoms with Crippen LogP contribution in [-0.4, -0.2) is 31.3 Å². The second-order valence-electron chi connectivity index (χ2n) is 4.69. The average molecular weight is 266 g/mol. The van der Waals surface area contributed by atoms with Gasteiger partial charge in [-0.25, -0.2) is 4.39 Å². The zero-order valence-electron chi connectivity index (χ0n) is 11.2. The first kappa shape index (κ1) is 13.8. The van der Waals surface area contributed by atoms with Gasteiger partial charge in [-0.2, -0.15) is 0 Å². The molecule has 4 nitrogen and oxygen atoms in total. The van der Waals surface area contributed by atoms with Crippen molar-refractivity contribution >= 4 is 11.6 Å². The Labute approximate surface area is 112 Å². The monoisotopic (exact) mass is 266 g/mol. The van der Waals surface area contributed by atoms with Gasteiger partial charge in [0, 0.05) is 18.7 Å². The van der Waals surface area contributed by atoms with E-state index in [1.807, 2.05) is 26.0 Å². The van der Waals surface area contributed by atoms with Gasteiger partial charge in [0.1, 0.15) is 11.9 Å². The first-order valence-electron chi connectivity index (χ1n) is 6.52. The summed E-state index contributed by atoms with van der Waals surface area (Å²) in [7, 11) is 0. The smallest absolute Gasteiger partial charge is 0.241 e. The van der Waals surface area contributed by atoms with Crippen LogP contribution in [0.15, 0.2) is 18.2 Å². The molecule has 0 saturated carbocycles. The highest BCUT2D eigenvalue weighted by atomic mass is 19.1. The van der Waals surface area contributed by atoms with Gasteiger partial charge >= 0.3 is 0 Å². The van der Waals surface area contributed by atoms with Crippen LogP contribution in [0.4, 0.5) is 10.1 Å². The van der Waals surface area contributed by atoms with E-state index in [4.69, 9.17) is 4.74 Å². The van der Waals surface area contributed by atoms with Crippen LogP contribution in [0.5, 0.6) is 5.75 Å². The molecule has 0 aliphatic carbocycles. The Hall–Kier alpha value is -1.62. The van der Waals surface area contributed by atoms with Crippen molar-refractivity contribution in [1.82, 2.24) is 5.32 Å². The summed E-state index contributed by atoms with van der Waals surface area (Å²) in [5.41, 5.74) is 1.66. The van der Waals surface area contributed by atoms with Gasteiger partial charge in [0.25, 0.3) is 0 Å². The number of amides is 1. The van der Waals surface area contributed by atoms with E-state index < -0.39 is 12.2 Å². The fourth-order valence-corrected chi connectivity index (χ4v) is 2.14. The molecule has 1 fully saturated rings. The number of carbonyl (C=O) groups excluding carboxylic acids is 1. The predicted octanol–water partition coefficient (Wildman–Crippen LogP) is 2.03. The Bertz CT molecular complexity index is 465. The summed E-state index contributed by atoms with van der Waals surface area (Å²) in [6.45, 7) is 4.68. The molecule has 0 bridgehead atoms. The van der Waals surface area contributed by atoms with Crippen LogP contribution < -0.4 is 15.4 Å². The Morgan fingerprint density at radius 3 is 2.95 bits per heavy atom. The molecule has 1 amide bonds. The first-order valence-corrected chi connectivity index (χ1v) is 6.52. The Morgan fingerprint density at radius 2 is 2.37 bits per heavy atom. The van der Waals surface area contributed by atoms with Crippen LogP contribution in [0, 0.1) is 6.92 Å². The molecule has 19 heavy (non-hydrogen) atoms. The van der Waals surface area contributed by atoms with Crippen molar-refractivity contribution < 1.29 is 13.9 Å². The van der Waals surface area contributed by atoms with Crippen LogP contribution in [0.3, 0.4) is 0 Å². The number of nitrogens with one attached hydrogen (secondary N) is 2. The first-order chi connectivity index (χ1) is 9.10. The number of alkyl halides is 1. The van der Waals surface area contributed by atoms with E-state index in [-0.39, 0.29) is 18.9 Å². The van der Waals surface area contributed by atoms with Gasteiger partial charge < -0.3 is 15.4 Å². The van der Waals surface area contributed by atoms with Gasteiger partial charge in [-0.3, -0.25) is 4.79 Å². The van der Waals surface area contributed by atoms with E-state index in [1.165, 1.54) is 0 Å². The van der Waals surface area contributed by atoms with E-state index in [9.17, 15) is 9.18 Å². The summed E-state index contributed by atoms with van der Waals surface area (Å²) in [6, 6.07) is 5.05. The van der Waals surface area contributed by atoms with E-state index in [0.717, 1.165) is 17.0 Å². The minimum absolute atomic E-state index is 0.188. The van der Waals surface area contributed by atoms with Gasteiger partial charge in [-0.1, -0.05) is 0 Å². The molecule has 104 valence electrons. The standard InChI is InChI=1S/C14H19FN2O2/c1-3-19-11-4-5-12(9(2)6-11)17-14(18)13-7-10(15)8-16-13/h4-6,10,13,16H,3,7-8H2,1-2H3,(H,17,18)/t10-,13+/m0/s1. The fraction of sp³-hybridized carbons (Fsp3) is 0.500. The third kappa shape index (κ3) is 3.44. The number of hydrogen-bond donors (Lipinski definition) is 2. The van der Waals surface area contributed by atoms with Gasteiger partial charge in [-0.05, 0) is 37.6 Å². The summed E-state index contributed by atoms with van der Waals surface area (Å²) >= 11 is 0. The lowest BCUT2D eigenvalue weighted by Crippen LogP contribution is -2.35. The highest BCUT2D eigenvalue weighted by Gasteiger charge is 2.29. The van der Waals surface area contributed by atoms with Crippen molar-refractivity contribution in [3.63, 3.8) is 0 Å². The lowest BCUT2D eigenvalue weighted by atomic mass is 10.1. The molecule has 2 atom stereocenters. The van der Waals surface area contributed by atoms with Crippen LogP contribution >= 0.6 is 0 Å². The molecule has 1 saturated heterocycles. The van der Waals surface area contributed by atoms with E-state index in [0.29, 0.717) is 6.61 Å². The van der Waals surface area contributed by atoms with Crippen molar-refractivity contribution in [3.05, 3.63) is 23.8 Å². The summed E-state index contributed by atoms with van der Waals surface area (Å²) < 4.78 is 18.4. The molecule has 1 aliphatic heterocycles. The van der Waals surface area contributed by atoms with Crippen molar-refractivity contribution in [3.8, 4) is 5.75 Å². The van der Waals surface area contributed by atoms with Crippen molar-refractivity contribution in [2.45, 2.75) is 32.5 Å². The fourth-order valence-electron chi connectivity index (χ4n) is 2.14. The number of halogens is 1. The van der Waals surface area contributed by atoms with Gasteiger partial charge in [0.15, 0.2) is 0 Å². The number of rotatable bonds is 4. The zero-order valence-corrected chi connectivity index (χ0v) is 11.2. The quantitative estimate of drug-likeness (QED) is 0.876. The van der Waals surface area contributed by atoms with Gasteiger partial charge in [-0.15, -0.1) is 0 Å². The van der Waals surface area contributed by atoms with Crippen LogP contribution in [0.1, 0.15) is 18.9 Å². The number of benzene rings is 1. The third-order valence-corrected chi connectivity index (χ3v) is 3.16. The molecule has 0 aromatic heterocycles. The molecule has 1 aromatic rings. The molecular weight excluding hydrogens is 247 g/mol. The Kier molecular flexibility index (Phi) is 4.37. The minimum atomic E-state index is -0.933. The highest BCUT2D eigenvalue weighted by molar-refractivity contribution is 5.95. The van der Waals surface area contributed by atoms with Crippen LogP contribution in [0.2, 0.25) is 0 Å². The molecule has 2 rings (SSSR count). The summed E-state index contributed by atoms with van der Waals surface area (Å²) in [6.07, 6.45) is -0.695. The largest absolute Gasteiger partial charge is 0.494 e. The molecule has 1 aromatic carbocycles. The number of aryl methyl sites for hydroxylation is 1. The normalized spacial score (nSPS) is 22.3. The summed E-state index contributed by atoms with van der Waals surface area (Å²) in [4.78, 5) is 12.0. The van der Waals surface area contributed by atoms with E-state index in [1.54, 1.807) is 6.07 Å². The summed E-state index contributed by atoms with van der Waals surface area (Å²) in [5, 5.41) is 5.68. The topological polar surface area (TPSA) is 50.4 Å². The van der Waals surface area contributed by atoms with Crippen LogP contribution in [-0.2, 0) is 4.79 Å². The molecule has 1 aliphatic rings. The number of ether oxygens (including phenoxy) is 1. The average Bonchev–Trinajstić information content (AvgIpc) is 2.80. The zero-order chi connectivity index (χ0) is 13.8. The number of hydrogen-bond acceptors (Lipinski definition) is 3. The highest BCUT2D eigenvalue weighted by Crippen LogP contribution is 2.22. The summed E-state index contributed by atoms with van der Waals surface area (Å²) in [5.74, 6) is 0.591. The number of carbonyl (C=O) groups is 1. The SMILES string of the molecule is CCOc1ccc(NC(=O)[C@H]2C[C@H](F)CN2)c(C)c1. The number of anilines is 1. The molecule has 2 N–H and O–H groups in total.